The van der Waals surface area contributed by atoms with Crippen molar-refractivity contribution in [3.8, 4) is 0 Å². The third-order valence-corrected chi connectivity index (χ3v) is 4.26. The van der Waals surface area contributed by atoms with Crippen molar-refractivity contribution in [1.82, 2.24) is 0 Å². The van der Waals surface area contributed by atoms with Gasteiger partial charge in [-0.2, -0.15) is 0 Å². The zero-order valence-corrected chi connectivity index (χ0v) is 13.5. The molecule has 2 rings (SSSR count). The molecule has 2 fully saturated rings. The van der Waals surface area contributed by atoms with E-state index in [-0.39, 0.29) is 6.42 Å². The van der Waals surface area contributed by atoms with Crippen molar-refractivity contribution in [1.29, 1.82) is 0 Å². The van der Waals surface area contributed by atoms with Gasteiger partial charge in [-0.25, -0.2) is 4.79 Å². The molecule has 134 valence electrons. The lowest BCUT2D eigenvalue weighted by molar-refractivity contribution is -0.311. The topological polar surface area (TPSA) is 116 Å². The van der Waals surface area contributed by atoms with Crippen LogP contribution in [-0.4, -0.2) is 63.2 Å². The van der Waals surface area contributed by atoms with Crippen molar-refractivity contribution in [2.24, 2.45) is 17.7 Å². The summed E-state index contributed by atoms with van der Waals surface area (Å²) in [5, 5.41) is 39.0. The molecule has 0 aromatic carbocycles. The molecule has 23 heavy (non-hydrogen) atoms. The molecule has 8 atom stereocenters. The van der Waals surface area contributed by atoms with E-state index in [1.165, 1.54) is 0 Å². The summed E-state index contributed by atoms with van der Waals surface area (Å²) in [7, 11) is 0. The minimum atomic E-state index is -2.51. The Hall–Kier alpha value is -0.730. The number of hydrogen-bond donors (Lipinski definition) is 4. The molecule has 4 N–H and O–H groups in total. The summed E-state index contributed by atoms with van der Waals surface area (Å²) in [5.74, 6) is -4.46. The Morgan fingerprint density at radius 1 is 1.26 bits per heavy atom. The van der Waals surface area contributed by atoms with Gasteiger partial charge in [-0.15, -0.1) is 0 Å². The number of aliphatic hydroxyl groups is 3. The molecule has 7 nitrogen and oxygen atoms in total. The fourth-order valence-electron chi connectivity index (χ4n) is 2.80. The number of aliphatic carboxylic acids is 1. The lowest BCUT2D eigenvalue weighted by Crippen LogP contribution is -2.61. The summed E-state index contributed by atoms with van der Waals surface area (Å²) in [4.78, 5) is 11.3. The lowest BCUT2D eigenvalue weighted by Gasteiger charge is -2.43. The fourth-order valence-corrected chi connectivity index (χ4v) is 2.80. The van der Waals surface area contributed by atoms with Gasteiger partial charge in [-0.3, -0.25) is 0 Å². The van der Waals surface area contributed by atoms with Crippen molar-refractivity contribution in [2.75, 3.05) is 0 Å². The highest BCUT2D eigenvalue weighted by Crippen LogP contribution is 2.37. The zero-order chi connectivity index (χ0) is 20.9. The number of ether oxygens (including phenoxy) is 2. The van der Waals surface area contributed by atoms with Crippen LogP contribution in [0.5, 0.6) is 0 Å². The highest BCUT2D eigenvalue weighted by molar-refractivity contribution is 5.73. The minimum absolute atomic E-state index is 0.158. The van der Waals surface area contributed by atoms with Gasteiger partial charge in [0.1, 0.15) is 18.3 Å². The third-order valence-electron chi connectivity index (χ3n) is 4.26. The molecule has 0 radical (unpaired) electrons. The summed E-state index contributed by atoms with van der Waals surface area (Å²) in [5.41, 5.74) is 0. The summed E-state index contributed by atoms with van der Waals surface area (Å²) in [6.07, 6.45) is -13.9. The Morgan fingerprint density at radius 3 is 2.48 bits per heavy atom. The molecule has 1 aliphatic heterocycles. The van der Waals surface area contributed by atoms with E-state index < -0.39 is 66.9 Å². The van der Waals surface area contributed by atoms with Gasteiger partial charge < -0.3 is 29.9 Å². The standard InChI is InChI=1S/C16H28O7/c1-7(2)9-5-4-8(3)6-10(9)22-16-13(19)11(17)12(18)14(23-16)15(20)21/h7-14,16-19H,4-6H2,1-3H3,(H,20,21)/t8?,9?,10?,11-,12-,13+,14-,16+/m0/s1/i6D2,9D,10D. The monoisotopic (exact) mass is 336 g/mol. The highest BCUT2D eigenvalue weighted by atomic mass is 16.7. The number of carboxylic acid groups (broad SMARTS) is 1. The first-order chi connectivity index (χ1) is 12.2. The normalized spacial score (nSPS) is 56.3. The Kier molecular flexibility index (Phi) is 4.38. The minimum Gasteiger partial charge on any atom is -0.479 e. The summed E-state index contributed by atoms with van der Waals surface area (Å²) >= 11 is 0. The van der Waals surface area contributed by atoms with Crippen LogP contribution in [0.3, 0.4) is 0 Å². The molecule has 1 saturated carbocycles. The maximum atomic E-state index is 11.3. The molecular weight excluding hydrogens is 304 g/mol. The van der Waals surface area contributed by atoms with Crippen LogP contribution < -0.4 is 0 Å². The average molecular weight is 336 g/mol. The molecule has 0 spiro atoms. The van der Waals surface area contributed by atoms with E-state index in [9.17, 15) is 20.1 Å². The number of aliphatic hydroxyl groups excluding tert-OH is 3. The molecular formula is C16H28O7. The Labute approximate surface area is 141 Å². The average Bonchev–Trinajstić information content (AvgIpc) is 2.57. The largest absolute Gasteiger partial charge is 0.479 e. The maximum Gasteiger partial charge on any atom is 0.335 e. The van der Waals surface area contributed by atoms with E-state index in [2.05, 4.69) is 0 Å². The van der Waals surface area contributed by atoms with Crippen LogP contribution in [-0.2, 0) is 14.3 Å². The van der Waals surface area contributed by atoms with Crippen LogP contribution >= 0.6 is 0 Å². The van der Waals surface area contributed by atoms with Gasteiger partial charge in [0.2, 0.25) is 0 Å². The van der Waals surface area contributed by atoms with E-state index in [4.69, 9.17) is 20.1 Å². The smallest absolute Gasteiger partial charge is 0.335 e. The molecule has 0 bridgehead atoms. The van der Waals surface area contributed by atoms with Gasteiger partial charge >= 0.3 is 5.97 Å². The molecule has 2 aliphatic rings. The number of rotatable bonds is 4. The van der Waals surface area contributed by atoms with Gasteiger partial charge in [0, 0.05) is 4.11 Å². The molecule has 1 aliphatic carbocycles. The predicted octanol–water partition coefficient (Wildman–Crippen LogP) is 0.356. The second-order valence-electron chi connectivity index (χ2n) is 6.45. The van der Waals surface area contributed by atoms with Gasteiger partial charge in [0.25, 0.3) is 0 Å². The van der Waals surface area contributed by atoms with Gasteiger partial charge in [0.15, 0.2) is 12.4 Å². The number of carboxylic acids is 1. The first-order valence-electron chi connectivity index (χ1n) is 9.81. The molecule has 0 amide bonds. The second kappa shape index (κ2) is 7.44. The number of carbonyl (C=O) groups is 1. The van der Waals surface area contributed by atoms with Gasteiger partial charge in [-0.1, -0.05) is 27.2 Å². The van der Waals surface area contributed by atoms with Crippen molar-refractivity contribution < 1.29 is 40.2 Å². The summed E-state index contributed by atoms with van der Waals surface area (Å²) in [6, 6.07) is 0. The molecule has 0 aromatic heterocycles. The van der Waals surface area contributed by atoms with E-state index in [0.717, 1.165) is 0 Å². The van der Waals surface area contributed by atoms with Crippen molar-refractivity contribution in [2.45, 2.75) is 76.8 Å². The Balaban J connectivity index is 2.44. The van der Waals surface area contributed by atoms with E-state index in [1.54, 1.807) is 20.8 Å². The van der Waals surface area contributed by atoms with Crippen molar-refractivity contribution in [3.05, 3.63) is 0 Å². The van der Waals surface area contributed by atoms with Crippen LogP contribution in [0.1, 0.15) is 45.5 Å². The SMILES string of the molecule is [2H]C1([2H])C(C)CCC([2H])(C(C)C)C1([2H])O[C@@H]1O[C@H](C(=O)O)[C@@H](O)[C@H](O)[C@H]1O. The maximum absolute atomic E-state index is 11.3. The third kappa shape index (κ3) is 4.03. The zero-order valence-electron chi connectivity index (χ0n) is 17.5. The van der Waals surface area contributed by atoms with Crippen LogP contribution in [0, 0.1) is 17.7 Å². The predicted molar refractivity (Wildman–Crippen MR) is 80.5 cm³/mol. The van der Waals surface area contributed by atoms with Crippen LogP contribution in [0.2, 0.25) is 0 Å². The van der Waals surface area contributed by atoms with Crippen molar-refractivity contribution in [3.63, 3.8) is 0 Å². The first-order valence-corrected chi connectivity index (χ1v) is 7.81. The Morgan fingerprint density at radius 2 is 1.91 bits per heavy atom. The second-order valence-corrected chi connectivity index (χ2v) is 6.45. The summed E-state index contributed by atoms with van der Waals surface area (Å²) < 4.78 is 44.9. The Bertz CT molecular complexity index is 577. The van der Waals surface area contributed by atoms with Crippen LogP contribution in [0.15, 0.2) is 0 Å². The quantitative estimate of drug-likeness (QED) is 0.585. The van der Waals surface area contributed by atoms with Crippen LogP contribution in [0.25, 0.3) is 0 Å². The van der Waals surface area contributed by atoms with Gasteiger partial charge in [-0.05, 0) is 30.5 Å². The molecule has 0 aromatic rings. The highest BCUT2D eigenvalue weighted by Gasteiger charge is 2.48. The van der Waals surface area contributed by atoms with Crippen molar-refractivity contribution >= 4 is 5.97 Å². The molecule has 1 heterocycles. The fraction of sp³-hybridized carbons (Fsp3) is 0.938. The van der Waals surface area contributed by atoms with E-state index >= 15 is 0 Å². The molecule has 3 unspecified atom stereocenters. The van der Waals surface area contributed by atoms with Crippen LogP contribution in [0.4, 0.5) is 0 Å². The first kappa shape index (κ1) is 13.5. The van der Waals surface area contributed by atoms with E-state index in [0.29, 0.717) is 6.42 Å². The van der Waals surface area contributed by atoms with Gasteiger partial charge in [0.05, 0.1) is 7.45 Å². The summed E-state index contributed by atoms with van der Waals surface area (Å²) in [6.45, 7) is 4.90. The molecule has 1 saturated heterocycles. The molecule has 7 heteroatoms. The lowest BCUT2D eigenvalue weighted by atomic mass is 9.75. The van der Waals surface area contributed by atoms with E-state index in [1.807, 2.05) is 0 Å². The number of hydrogen-bond acceptors (Lipinski definition) is 6.